The Balaban J connectivity index is 0.000000275. The molecule has 0 spiro atoms. The summed E-state index contributed by atoms with van der Waals surface area (Å²) in [6.45, 7) is 3.74. The summed E-state index contributed by atoms with van der Waals surface area (Å²) in [5.41, 5.74) is 5.58. The van der Waals surface area contributed by atoms with Crippen molar-refractivity contribution in [3.63, 3.8) is 0 Å². The first-order valence-electron chi connectivity index (χ1n) is 13.3. The molecule has 11 heteroatoms. The summed E-state index contributed by atoms with van der Waals surface area (Å²) in [6, 6.07) is 31.7. The van der Waals surface area contributed by atoms with Crippen LogP contribution in [0.5, 0.6) is 0 Å². The molecule has 4 rings (SSSR count). The van der Waals surface area contributed by atoms with Crippen molar-refractivity contribution in [2.24, 2.45) is 20.4 Å². The molecular weight excluding hydrogens is 715 g/mol. The van der Waals surface area contributed by atoms with Crippen LogP contribution in [0.4, 0.5) is 0 Å². The molecule has 0 aliphatic heterocycles. The molecule has 0 atom stereocenters. The Morgan fingerprint density at radius 2 is 0.930 bits per heavy atom. The van der Waals surface area contributed by atoms with E-state index in [-0.39, 0.29) is 21.1 Å². The van der Waals surface area contributed by atoms with Gasteiger partial charge in [0.15, 0.2) is 0 Å². The standard InChI is InChI=1S/2C15H15N3S2.2CH3.Sn/c2*1-12(14-9-5-6-10-16-14)17-18-15(19)20-11-13-7-3-2-4-8-13;;;/h2*2-10H,11H2,1H3,(H,18,19);2*1H3;/q;;;;+2/p-2/b2*17-12-;;;. The van der Waals surface area contributed by atoms with E-state index < -0.39 is 0 Å². The van der Waals surface area contributed by atoms with Crippen LogP contribution in [0.3, 0.4) is 0 Å². The van der Waals surface area contributed by atoms with Gasteiger partial charge in [-0.2, -0.15) is 20.4 Å². The van der Waals surface area contributed by atoms with Crippen LogP contribution in [0.15, 0.2) is 130 Å². The molecule has 43 heavy (non-hydrogen) atoms. The number of rotatable bonds is 8. The van der Waals surface area contributed by atoms with Gasteiger partial charge in [-0.05, 0) is 58.0 Å². The number of benzene rings is 2. The van der Waals surface area contributed by atoms with Crippen LogP contribution in [0.2, 0.25) is 9.88 Å². The Bertz CT molecular complexity index is 1330. The Labute approximate surface area is 285 Å². The van der Waals surface area contributed by atoms with Crippen molar-refractivity contribution < 1.29 is 0 Å². The molecule has 6 nitrogen and oxygen atoms in total. The number of thioether (sulfide) groups is 2. The zero-order chi connectivity index (χ0) is 31.1. The van der Waals surface area contributed by atoms with Crippen LogP contribution in [-0.2, 0) is 36.8 Å². The summed E-state index contributed by atoms with van der Waals surface area (Å²) >= 11 is 13.6. The van der Waals surface area contributed by atoms with Crippen molar-refractivity contribution in [2.75, 3.05) is 0 Å². The molecule has 2 aromatic heterocycles. The van der Waals surface area contributed by atoms with Gasteiger partial charge < -0.3 is 25.3 Å². The SMILES string of the molecule is C/C(=N/N=C(\[S-])SCc1ccccc1)c1ccccn1.C/C(=N/N=C(\[S-])SCc1ccccc1)c1ccccn1.[CH3][Sn+2][CH3]. The maximum absolute atomic E-state index is 5.19. The Morgan fingerprint density at radius 1 is 0.581 bits per heavy atom. The third-order valence-corrected chi connectivity index (χ3v) is 7.53. The molecule has 0 amide bonds. The fourth-order valence-corrected chi connectivity index (χ4v) is 4.58. The summed E-state index contributed by atoms with van der Waals surface area (Å²) in [7, 11) is 0. The quantitative estimate of drug-likeness (QED) is 0.0597. The molecule has 4 aromatic rings. The van der Waals surface area contributed by atoms with Gasteiger partial charge in [0.05, 0.1) is 22.8 Å². The molecule has 0 fully saturated rings. The molecule has 0 unspecified atom stereocenters. The zero-order valence-electron chi connectivity index (χ0n) is 24.6. The molecule has 0 bridgehead atoms. The molecule has 2 aromatic carbocycles. The molecule has 0 saturated carbocycles. The monoisotopic (exact) mass is 750 g/mol. The molecule has 0 radical (unpaired) electrons. The van der Waals surface area contributed by atoms with Crippen LogP contribution in [0, 0.1) is 0 Å². The van der Waals surface area contributed by atoms with Gasteiger partial charge in [0.25, 0.3) is 0 Å². The Hall–Kier alpha value is -2.64. The fraction of sp³-hybridized carbons (Fsp3) is 0.188. The second-order valence-corrected chi connectivity index (χ2v) is 14.7. The van der Waals surface area contributed by atoms with E-state index in [1.54, 1.807) is 12.4 Å². The van der Waals surface area contributed by atoms with E-state index in [0.29, 0.717) is 8.75 Å². The van der Waals surface area contributed by atoms with Gasteiger partial charge in [0.2, 0.25) is 0 Å². The van der Waals surface area contributed by atoms with Crippen LogP contribution in [-0.4, -0.2) is 51.3 Å². The van der Waals surface area contributed by atoms with Crippen molar-refractivity contribution >= 4 is 90.1 Å². The summed E-state index contributed by atoms with van der Waals surface area (Å²) < 4.78 is 1.06. The molecule has 2 heterocycles. The summed E-state index contributed by atoms with van der Waals surface area (Å²) in [5, 5.41) is 16.4. The van der Waals surface area contributed by atoms with Crippen molar-refractivity contribution in [1.82, 2.24) is 9.97 Å². The number of nitrogens with zero attached hydrogens (tertiary/aromatic N) is 6. The minimum atomic E-state index is 0.230. The van der Waals surface area contributed by atoms with Gasteiger partial charge in [-0.1, -0.05) is 72.8 Å². The topological polar surface area (TPSA) is 75.2 Å². The van der Waals surface area contributed by atoms with E-state index in [0.717, 1.165) is 34.3 Å². The van der Waals surface area contributed by atoms with E-state index in [4.69, 9.17) is 25.3 Å². The molecule has 0 aliphatic rings. The summed E-state index contributed by atoms with van der Waals surface area (Å²) in [5.74, 6) is 1.61. The molecule has 0 aliphatic carbocycles. The van der Waals surface area contributed by atoms with Crippen LogP contribution in [0.25, 0.3) is 0 Å². The summed E-state index contributed by atoms with van der Waals surface area (Å²) in [6.07, 6.45) is 3.47. The second kappa shape index (κ2) is 22.8. The van der Waals surface area contributed by atoms with E-state index in [9.17, 15) is 0 Å². The normalized spacial score (nSPS) is 11.8. The van der Waals surface area contributed by atoms with Crippen molar-refractivity contribution in [2.45, 2.75) is 35.2 Å². The average Bonchev–Trinajstić information content (AvgIpc) is 3.06. The Morgan fingerprint density at radius 3 is 1.26 bits per heavy atom. The van der Waals surface area contributed by atoms with Crippen LogP contribution < -0.4 is 0 Å². The number of hydrogen-bond acceptors (Lipinski definition) is 10. The van der Waals surface area contributed by atoms with Crippen LogP contribution >= 0.6 is 23.5 Å². The van der Waals surface area contributed by atoms with Gasteiger partial charge in [0.1, 0.15) is 0 Å². The van der Waals surface area contributed by atoms with Gasteiger partial charge in [-0.3, -0.25) is 9.97 Å². The summed E-state index contributed by atoms with van der Waals surface area (Å²) in [4.78, 5) is 13.0. The van der Waals surface area contributed by atoms with Gasteiger partial charge in [-0.25, -0.2) is 0 Å². The van der Waals surface area contributed by atoms with Crippen molar-refractivity contribution in [1.29, 1.82) is 0 Å². The third kappa shape index (κ3) is 16.7. The number of hydrogen-bond donors (Lipinski definition) is 0. The van der Waals surface area contributed by atoms with Crippen molar-refractivity contribution in [3.8, 4) is 0 Å². The van der Waals surface area contributed by atoms with Gasteiger partial charge in [0, 0.05) is 23.9 Å². The predicted molar refractivity (Wildman–Crippen MR) is 195 cm³/mol. The maximum atomic E-state index is 5.19. The van der Waals surface area contributed by atoms with E-state index >= 15 is 0 Å². The minimum absolute atomic E-state index is 0.230. The average molecular weight is 750 g/mol. The molecule has 220 valence electrons. The first kappa shape index (κ1) is 36.5. The predicted octanol–water partition coefficient (Wildman–Crippen LogP) is 8.07. The third-order valence-electron chi connectivity index (χ3n) is 5.04. The number of pyridine rings is 2. The molecular formula is C32H34N6S4Sn. The number of aromatic nitrogens is 2. The Kier molecular flexibility index (Phi) is 19.4. The van der Waals surface area contributed by atoms with Crippen LogP contribution in [0.1, 0.15) is 36.4 Å². The fourth-order valence-electron chi connectivity index (χ4n) is 2.98. The van der Waals surface area contributed by atoms with Gasteiger partial charge >= 0.3 is 31.0 Å². The molecule has 0 saturated heterocycles. The second-order valence-electron chi connectivity index (χ2n) is 8.58. The molecule has 0 N–H and O–H groups in total. The van der Waals surface area contributed by atoms with E-state index in [2.05, 4.69) is 64.5 Å². The van der Waals surface area contributed by atoms with Gasteiger partial charge in [-0.15, -0.1) is 23.5 Å². The van der Waals surface area contributed by atoms with Crippen molar-refractivity contribution in [3.05, 3.63) is 132 Å². The van der Waals surface area contributed by atoms with E-state index in [1.807, 2.05) is 86.6 Å². The first-order valence-corrected chi connectivity index (χ1v) is 21.8. The van der Waals surface area contributed by atoms with E-state index in [1.165, 1.54) is 34.7 Å². The zero-order valence-corrected chi connectivity index (χ0v) is 30.7. The first-order chi connectivity index (χ1) is 20.9.